The molecule has 472 valence electrons. The molecule has 24 nitrogen and oxygen atoms in total. The molecule has 0 aromatic carbocycles. The summed E-state index contributed by atoms with van der Waals surface area (Å²) in [7, 11) is -5.67. The Kier molecular flexibility index (Phi) is 519. The first-order valence-electron chi connectivity index (χ1n) is 22.9. The Hall–Kier alpha value is 2.62. The smallest absolute Gasteiger partial charge is 4.00 e. The topological polar surface area (TPSA) is 434 Å². The Bertz CT molecular complexity index is 1160. The maximum Gasteiger partial charge on any atom is 4.00 e. The fourth-order valence-corrected chi connectivity index (χ4v) is 0. The monoisotopic (exact) mass is 1480 g/mol. The zero-order valence-electron chi connectivity index (χ0n) is 52.0. The van der Waals surface area contributed by atoms with Gasteiger partial charge in [-0.05, 0) is 0 Å². The van der Waals surface area contributed by atoms with Gasteiger partial charge in [0.25, 0.3) is 0 Å². The SMILES string of the molecule is CC(C)[O-].CC(C)[O-].CC(C)[O-].CC(C)[O-].O=[Si]=O.O=[Si]=O.O=[Si]=O.O=[Si]=O.[CH2-]CCC.[CH2-]CCC.[CH2-]CCC.[CH2-]CCC.[CH2-]CCC.[CH2-]CCC.[CH2-]CCC.[CH2-]CCC.[Mg+2].[Mg+2].[Mg+2].[Mg+2].[O]=[Cr](=[O])=[O].[O]=[Cr](=[O])=[O].[O]=[Cr](=[O])=[O].[O]=[Cr](=[O])=[O].[Ti+4]. The maximum absolute atomic E-state index is 9.53. The minimum absolute atomic E-state index is 0. The van der Waals surface area contributed by atoms with Gasteiger partial charge in [-0.15, -0.1) is 24.4 Å². The number of hydrogen-bond donors (Lipinski definition) is 0. The van der Waals surface area contributed by atoms with Gasteiger partial charge < -0.3 is 75.8 Å². The first-order chi connectivity index (χ1) is 34.8. The molecule has 0 saturated heterocycles. The van der Waals surface area contributed by atoms with Gasteiger partial charge in [-0.1, -0.05) is 162 Å². The van der Waals surface area contributed by atoms with Crippen molar-refractivity contribution < 1.29 is 179 Å². The van der Waals surface area contributed by atoms with Crippen LogP contribution in [0.5, 0.6) is 0 Å². The third-order valence-corrected chi connectivity index (χ3v) is 2.83. The van der Waals surface area contributed by atoms with E-state index in [0.717, 1.165) is 51.4 Å². The van der Waals surface area contributed by atoms with Crippen LogP contribution in [0.1, 0.15) is 214 Å². The molecule has 0 unspecified atom stereocenters. The predicted octanol–water partition coefficient (Wildman–Crippen LogP) is 6.55. The molecular weight excluding hydrogens is 1380 g/mol. The van der Waals surface area contributed by atoms with E-state index in [-0.39, 0.29) is 114 Å². The maximum atomic E-state index is 9.53. The third-order valence-electron chi connectivity index (χ3n) is 2.83. The Balaban J connectivity index is -0.0000000177. The summed E-state index contributed by atoms with van der Waals surface area (Å²) in [4.78, 5) is 0. The number of rotatable bonds is 8. The van der Waals surface area contributed by atoms with Crippen LogP contribution in [-0.2, 0) is 159 Å². The van der Waals surface area contributed by atoms with Crippen molar-refractivity contribution in [3.05, 3.63) is 55.4 Å². The fourth-order valence-electron chi connectivity index (χ4n) is 0. The molecule has 81 heavy (non-hydrogen) atoms. The minimum Gasteiger partial charge on any atom is 4.00 e. The second-order valence-corrected chi connectivity index (χ2v) is 15.4. The standard InChI is InChI=1S/8C4H9.4C3H7O.4Cr.4Mg.4O2Si.12O.Ti/c8*1-3-4-2;4*1-3(2)4;;;;;;;;;4*1-3-2;;;;;;;;;;;;;/h8*1,3-4H2,2H3;4*3H,1-2H3;;;;;;;;;;;;;;;;;;;;;;;;;/q12*-1;;;;;4*+2;;;;;;;;;;;;;;;;;+4. The predicted molar refractivity (Wildman–Crippen MR) is 282 cm³/mol. The molecule has 0 radical (unpaired) electrons. The van der Waals surface area contributed by atoms with Gasteiger partial charge in [0, 0.05) is 0 Å². The van der Waals surface area contributed by atoms with Crippen LogP contribution < -0.4 is 20.4 Å². The first kappa shape index (κ1) is 166. The van der Waals surface area contributed by atoms with E-state index in [1.807, 2.05) is 0 Å². The van der Waals surface area contributed by atoms with Crippen LogP contribution in [0.25, 0.3) is 0 Å². The van der Waals surface area contributed by atoms with Gasteiger partial charge in [-0.25, -0.2) is 0 Å². The van der Waals surface area contributed by atoms with E-state index < -0.39 is 117 Å². The molecular formula is C44H100Cr4Mg4O24Si4Ti. The molecule has 0 amide bonds. The van der Waals surface area contributed by atoms with E-state index in [1.165, 1.54) is 51.4 Å². The van der Waals surface area contributed by atoms with Crippen LogP contribution in [-0.4, -0.2) is 154 Å². The third kappa shape index (κ3) is 4760. The van der Waals surface area contributed by atoms with Gasteiger partial charge in [0.15, 0.2) is 0 Å². The molecule has 37 heteroatoms. The number of unbranched alkanes of at least 4 members (excludes halogenated alkanes) is 8. The van der Waals surface area contributed by atoms with Crippen LogP contribution >= 0.6 is 0 Å². The largest absolute Gasteiger partial charge is 4.00 e. The number of hydrogen-bond acceptors (Lipinski definition) is 24. The molecule has 0 rings (SSSR count). The van der Waals surface area contributed by atoms with Gasteiger partial charge in [0.1, 0.15) is 0 Å². The van der Waals surface area contributed by atoms with Crippen molar-refractivity contribution in [3.63, 3.8) is 0 Å². The Morgan fingerprint density at radius 2 is 0.272 bits per heavy atom. The first-order valence-corrected chi connectivity index (χ1v) is 32.4. The van der Waals surface area contributed by atoms with Gasteiger partial charge in [0.05, 0.1) is 0 Å². The summed E-state index contributed by atoms with van der Waals surface area (Å²) in [6.45, 7) is 58.7. The van der Waals surface area contributed by atoms with Crippen molar-refractivity contribution in [2.75, 3.05) is 0 Å². The minimum atomic E-state index is -3.79. The van der Waals surface area contributed by atoms with Crippen molar-refractivity contribution in [2.45, 2.75) is 238 Å². The fraction of sp³-hybridized carbons (Fsp3) is 0.818. The van der Waals surface area contributed by atoms with Crippen molar-refractivity contribution in [1.82, 2.24) is 0 Å². The van der Waals surface area contributed by atoms with E-state index in [2.05, 4.69) is 111 Å². The van der Waals surface area contributed by atoms with Crippen LogP contribution in [0.4, 0.5) is 0 Å². The second kappa shape index (κ2) is 253. The Morgan fingerprint density at radius 1 is 0.259 bits per heavy atom. The molecule has 0 atom stereocenters. The summed E-state index contributed by atoms with van der Waals surface area (Å²) < 4.78 is 170. The van der Waals surface area contributed by atoms with Gasteiger partial charge >= 0.3 is 253 Å². The Labute approximate surface area is 594 Å². The van der Waals surface area contributed by atoms with E-state index in [1.54, 1.807) is 55.4 Å². The molecule has 0 heterocycles. The van der Waals surface area contributed by atoms with Crippen LogP contribution in [0.2, 0.25) is 0 Å². The van der Waals surface area contributed by atoms with E-state index >= 15 is 0 Å². The molecule has 0 spiro atoms. The van der Waals surface area contributed by atoms with E-state index in [9.17, 15) is 20.4 Å². The summed E-state index contributed by atoms with van der Waals surface area (Å²) >= 11 is -15.2. The molecule has 0 bridgehead atoms. The van der Waals surface area contributed by atoms with Crippen molar-refractivity contribution in [3.8, 4) is 0 Å². The van der Waals surface area contributed by atoms with Crippen molar-refractivity contribution in [2.24, 2.45) is 0 Å². The zero-order chi connectivity index (χ0) is 66.8. The summed E-state index contributed by atoms with van der Waals surface area (Å²) in [5.41, 5.74) is 0. The molecule has 0 aliphatic heterocycles. The van der Waals surface area contributed by atoms with Crippen LogP contribution in [0.15, 0.2) is 0 Å². The van der Waals surface area contributed by atoms with Crippen LogP contribution in [0.3, 0.4) is 0 Å². The van der Waals surface area contributed by atoms with Gasteiger partial charge in [-0.3, -0.25) is 35.7 Å². The average Bonchev–Trinajstić information content (AvgIpc) is 3.29. The van der Waals surface area contributed by atoms with Crippen LogP contribution in [0, 0.1) is 55.4 Å². The average molecular weight is 1480 g/mol. The molecule has 0 aromatic heterocycles. The molecule has 0 aromatic rings. The molecule has 0 N–H and O–H groups in total. The van der Waals surface area contributed by atoms with Gasteiger partial charge in [0.2, 0.25) is 0 Å². The Morgan fingerprint density at radius 3 is 0.272 bits per heavy atom. The molecule has 0 aliphatic rings. The second-order valence-electron chi connectivity index (χ2n) is 12.2. The summed E-state index contributed by atoms with van der Waals surface area (Å²) in [6.07, 6.45) is 16.6. The summed E-state index contributed by atoms with van der Waals surface area (Å²) in [5, 5.41) is 38.1. The summed E-state index contributed by atoms with van der Waals surface area (Å²) in [6, 6.07) is 0. The molecule has 0 fully saturated rings. The van der Waals surface area contributed by atoms with Gasteiger partial charge in [-0.2, -0.15) is 51.4 Å². The van der Waals surface area contributed by atoms with Crippen molar-refractivity contribution in [1.29, 1.82) is 0 Å². The van der Waals surface area contributed by atoms with Crippen molar-refractivity contribution >= 4 is 129 Å². The molecule has 0 aliphatic carbocycles. The quantitative estimate of drug-likeness (QED) is 0.183. The zero-order valence-corrected chi connectivity index (χ0v) is 68.4. The summed E-state index contributed by atoms with van der Waals surface area (Å²) in [5.74, 6) is 0. The molecule has 0 saturated carbocycles. The van der Waals surface area contributed by atoms with E-state index in [0.29, 0.717) is 0 Å². The normalized spacial score (nSPS) is 6.32. The van der Waals surface area contributed by atoms with E-state index in [4.69, 9.17) is 81.3 Å².